The lowest BCUT2D eigenvalue weighted by Crippen LogP contribution is -2.38. The number of nitrogens with zero attached hydrogens (tertiary/aromatic N) is 1. The van der Waals surface area contributed by atoms with Gasteiger partial charge in [0.05, 0.1) is 0 Å². The highest BCUT2D eigenvalue weighted by Gasteiger charge is 2.34. The summed E-state index contributed by atoms with van der Waals surface area (Å²) in [6.45, 7) is 6.92. The van der Waals surface area contributed by atoms with Crippen LogP contribution < -0.4 is 0 Å². The molecule has 0 saturated heterocycles. The molecule has 0 heterocycles. The Bertz CT molecular complexity index is 585. The number of hydrogen-bond acceptors (Lipinski definition) is 4. The zero-order chi connectivity index (χ0) is 16.8. The number of aliphatic imine (C=N–C) groups is 1. The SMILES string of the molecule is CC(C)(C)OC(=O)[C@@](C)(C=CC=O)N=Cc1ccc(Cl)cc1. The Hall–Kier alpha value is -1.94. The number of rotatable bonds is 5. The molecular weight excluding hydrogens is 302 g/mol. The molecule has 1 aromatic carbocycles. The molecule has 0 spiro atoms. The Labute approximate surface area is 135 Å². The minimum absolute atomic E-state index is 0.525. The second kappa shape index (κ2) is 7.36. The number of esters is 1. The van der Waals surface area contributed by atoms with Crippen molar-refractivity contribution in [3.8, 4) is 0 Å². The average Bonchev–Trinajstić information content (AvgIpc) is 2.42. The van der Waals surface area contributed by atoms with E-state index in [9.17, 15) is 9.59 Å². The Kier molecular flexibility index (Phi) is 6.06. The third-order valence-electron chi connectivity index (χ3n) is 2.66. The third-order valence-corrected chi connectivity index (χ3v) is 2.92. The second-order valence-corrected chi connectivity index (χ2v) is 6.39. The number of hydrogen-bond donors (Lipinski definition) is 0. The van der Waals surface area contributed by atoms with Crippen molar-refractivity contribution in [3.05, 3.63) is 47.0 Å². The molecule has 22 heavy (non-hydrogen) atoms. The molecule has 4 nitrogen and oxygen atoms in total. The van der Waals surface area contributed by atoms with Crippen LogP contribution in [0.5, 0.6) is 0 Å². The van der Waals surface area contributed by atoms with Crippen molar-refractivity contribution in [1.29, 1.82) is 0 Å². The van der Waals surface area contributed by atoms with E-state index in [0.29, 0.717) is 11.3 Å². The summed E-state index contributed by atoms with van der Waals surface area (Å²) in [6, 6.07) is 7.03. The van der Waals surface area contributed by atoms with Crippen molar-refractivity contribution in [2.24, 2.45) is 4.99 Å². The largest absolute Gasteiger partial charge is 0.458 e. The highest BCUT2D eigenvalue weighted by Crippen LogP contribution is 2.20. The molecule has 0 fully saturated rings. The van der Waals surface area contributed by atoms with Crippen molar-refractivity contribution in [2.75, 3.05) is 0 Å². The normalized spacial score (nSPS) is 15.0. The van der Waals surface area contributed by atoms with E-state index < -0.39 is 17.1 Å². The Morgan fingerprint density at radius 3 is 2.27 bits per heavy atom. The number of carbonyl (C=O) groups excluding carboxylic acids is 2. The van der Waals surface area contributed by atoms with E-state index >= 15 is 0 Å². The maximum absolute atomic E-state index is 12.3. The molecule has 1 rings (SSSR count). The minimum Gasteiger partial charge on any atom is -0.458 e. The van der Waals surface area contributed by atoms with Crippen LogP contribution >= 0.6 is 11.6 Å². The van der Waals surface area contributed by atoms with E-state index in [0.717, 1.165) is 5.56 Å². The number of carbonyl (C=O) groups is 2. The fraction of sp³-hybridized carbons (Fsp3) is 0.353. The molecule has 118 valence electrons. The first-order chi connectivity index (χ1) is 10.2. The van der Waals surface area contributed by atoms with Crippen LogP contribution in [0.25, 0.3) is 0 Å². The quantitative estimate of drug-likeness (QED) is 0.360. The lowest BCUT2D eigenvalue weighted by Gasteiger charge is -2.26. The molecule has 0 aromatic heterocycles. The van der Waals surface area contributed by atoms with Gasteiger partial charge in [0.2, 0.25) is 0 Å². The lowest BCUT2D eigenvalue weighted by molar-refractivity contribution is -0.158. The summed E-state index contributed by atoms with van der Waals surface area (Å²) in [5.41, 5.74) is -1.12. The molecule has 0 bridgehead atoms. The van der Waals surface area contributed by atoms with E-state index in [4.69, 9.17) is 16.3 Å². The van der Waals surface area contributed by atoms with Crippen LogP contribution in [-0.4, -0.2) is 29.6 Å². The smallest absolute Gasteiger partial charge is 0.338 e. The lowest BCUT2D eigenvalue weighted by atomic mass is 10.0. The van der Waals surface area contributed by atoms with E-state index in [1.54, 1.807) is 58.2 Å². The molecule has 0 aliphatic rings. The molecule has 0 unspecified atom stereocenters. The molecule has 1 aromatic rings. The molecule has 5 heteroatoms. The predicted octanol–water partition coefficient (Wildman–Crippen LogP) is 3.61. The van der Waals surface area contributed by atoms with Gasteiger partial charge in [-0.1, -0.05) is 23.7 Å². The Morgan fingerprint density at radius 2 is 1.77 bits per heavy atom. The van der Waals surface area contributed by atoms with E-state index in [1.807, 2.05) is 0 Å². The van der Waals surface area contributed by atoms with Gasteiger partial charge in [0.15, 0.2) is 5.54 Å². The highest BCUT2D eigenvalue weighted by molar-refractivity contribution is 6.30. The fourth-order valence-electron chi connectivity index (χ4n) is 1.53. The molecule has 0 radical (unpaired) electrons. The number of benzene rings is 1. The van der Waals surface area contributed by atoms with Gasteiger partial charge in [-0.25, -0.2) is 4.79 Å². The van der Waals surface area contributed by atoms with Gasteiger partial charge in [-0.15, -0.1) is 0 Å². The van der Waals surface area contributed by atoms with Crippen molar-refractivity contribution in [2.45, 2.75) is 38.8 Å². The summed E-state index contributed by atoms with van der Waals surface area (Å²) in [5.74, 6) is -0.525. The van der Waals surface area contributed by atoms with Crippen LogP contribution in [-0.2, 0) is 14.3 Å². The summed E-state index contributed by atoms with van der Waals surface area (Å²) < 4.78 is 5.37. The highest BCUT2D eigenvalue weighted by atomic mass is 35.5. The molecule has 0 saturated carbocycles. The summed E-state index contributed by atoms with van der Waals surface area (Å²) in [5, 5.41) is 0.618. The number of ether oxygens (including phenoxy) is 1. The van der Waals surface area contributed by atoms with Gasteiger partial charge in [0, 0.05) is 11.2 Å². The van der Waals surface area contributed by atoms with Crippen molar-refractivity contribution >= 4 is 30.1 Å². The van der Waals surface area contributed by atoms with Gasteiger partial charge >= 0.3 is 5.97 Å². The van der Waals surface area contributed by atoms with E-state index in [-0.39, 0.29) is 0 Å². The first-order valence-corrected chi connectivity index (χ1v) is 7.21. The van der Waals surface area contributed by atoms with Crippen LogP contribution in [0.3, 0.4) is 0 Å². The van der Waals surface area contributed by atoms with Crippen molar-refractivity contribution < 1.29 is 14.3 Å². The number of halogens is 1. The molecule has 1 atom stereocenters. The van der Waals surface area contributed by atoms with E-state index in [1.165, 1.54) is 12.2 Å². The summed E-state index contributed by atoms with van der Waals surface area (Å²) in [7, 11) is 0. The zero-order valence-electron chi connectivity index (χ0n) is 13.2. The standard InChI is InChI=1S/C17H20ClNO3/c1-16(2,3)22-15(21)17(4,10-5-11-20)19-12-13-6-8-14(18)9-7-13/h5-12H,1-4H3/t17-/m1/s1. The second-order valence-electron chi connectivity index (χ2n) is 5.95. The van der Waals surface area contributed by atoms with Crippen LogP contribution in [0.2, 0.25) is 5.02 Å². The molecule has 0 N–H and O–H groups in total. The van der Waals surface area contributed by atoms with Gasteiger partial charge in [-0.3, -0.25) is 9.79 Å². The van der Waals surface area contributed by atoms with Gasteiger partial charge < -0.3 is 4.74 Å². The van der Waals surface area contributed by atoms with Gasteiger partial charge in [-0.05, 0) is 57.5 Å². The summed E-state index contributed by atoms with van der Waals surface area (Å²) in [6.07, 6.45) is 4.80. The predicted molar refractivity (Wildman–Crippen MR) is 88.5 cm³/mol. The van der Waals surface area contributed by atoms with Crippen LogP contribution in [0.1, 0.15) is 33.3 Å². The van der Waals surface area contributed by atoms with Gasteiger partial charge in [0.25, 0.3) is 0 Å². The zero-order valence-corrected chi connectivity index (χ0v) is 13.9. The summed E-state index contributed by atoms with van der Waals surface area (Å²) in [4.78, 5) is 27.2. The van der Waals surface area contributed by atoms with Gasteiger partial charge in [-0.2, -0.15) is 0 Å². The topological polar surface area (TPSA) is 55.7 Å². The van der Waals surface area contributed by atoms with Gasteiger partial charge in [0.1, 0.15) is 11.9 Å². The first kappa shape index (κ1) is 18.1. The number of aldehydes is 1. The minimum atomic E-state index is -1.27. The monoisotopic (exact) mass is 321 g/mol. The Morgan fingerprint density at radius 1 is 1.18 bits per heavy atom. The third kappa shape index (κ3) is 5.82. The molecule has 0 amide bonds. The molecule has 0 aliphatic heterocycles. The molecular formula is C17H20ClNO3. The van der Waals surface area contributed by atoms with Crippen molar-refractivity contribution in [3.63, 3.8) is 0 Å². The van der Waals surface area contributed by atoms with E-state index in [2.05, 4.69) is 4.99 Å². The summed E-state index contributed by atoms with van der Waals surface area (Å²) >= 11 is 5.82. The molecule has 0 aliphatic carbocycles. The number of allylic oxidation sites excluding steroid dienone is 1. The van der Waals surface area contributed by atoms with Crippen molar-refractivity contribution in [1.82, 2.24) is 0 Å². The maximum atomic E-state index is 12.3. The average molecular weight is 322 g/mol. The van der Waals surface area contributed by atoms with Crippen LogP contribution in [0.4, 0.5) is 0 Å². The van der Waals surface area contributed by atoms with Crippen LogP contribution in [0, 0.1) is 0 Å². The Balaban J connectivity index is 3.05. The van der Waals surface area contributed by atoms with Crippen LogP contribution in [0.15, 0.2) is 41.4 Å². The first-order valence-electron chi connectivity index (χ1n) is 6.83. The maximum Gasteiger partial charge on any atom is 0.338 e. The fourth-order valence-corrected chi connectivity index (χ4v) is 1.66.